The van der Waals surface area contributed by atoms with E-state index in [1.54, 1.807) is 18.2 Å². The number of ether oxygens (including phenoxy) is 1. The average molecular weight is 297 g/mol. The van der Waals surface area contributed by atoms with E-state index >= 15 is 0 Å². The lowest BCUT2D eigenvalue weighted by Gasteiger charge is -2.15. The molecule has 6 heteroatoms. The fourth-order valence-electron chi connectivity index (χ4n) is 2.89. The van der Waals surface area contributed by atoms with Gasteiger partial charge in [-0.25, -0.2) is 13.1 Å². The molecule has 5 nitrogen and oxygen atoms in total. The minimum atomic E-state index is -3.51. The number of sulfonamides is 1. The molecule has 3 rings (SSSR count). The Bertz CT molecular complexity index is 599. The third-order valence-electron chi connectivity index (χ3n) is 4.13. The smallest absolute Gasteiger partial charge is 0.240 e. The van der Waals surface area contributed by atoms with E-state index in [0.29, 0.717) is 13.2 Å². The van der Waals surface area contributed by atoms with Gasteiger partial charge in [0, 0.05) is 13.0 Å². The normalized spacial score (nSPS) is 25.4. The van der Waals surface area contributed by atoms with Crippen molar-refractivity contribution in [1.82, 2.24) is 4.72 Å². The van der Waals surface area contributed by atoms with Gasteiger partial charge in [-0.1, -0.05) is 6.42 Å². The molecule has 2 N–H and O–H groups in total. The summed E-state index contributed by atoms with van der Waals surface area (Å²) >= 11 is 0. The standard InChI is InChI=1S/C14H19NO4S/c16-13-3-1-2-11(13)9-15-20(17,18)12-4-5-14-10(8-12)6-7-19-14/h4-5,8,11,13,15-16H,1-3,6-7,9H2. The summed E-state index contributed by atoms with van der Waals surface area (Å²) in [7, 11) is -3.51. The van der Waals surface area contributed by atoms with Crippen LogP contribution in [0.15, 0.2) is 23.1 Å². The highest BCUT2D eigenvalue weighted by atomic mass is 32.2. The molecule has 1 aliphatic heterocycles. The summed E-state index contributed by atoms with van der Waals surface area (Å²) in [5, 5.41) is 9.73. The average Bonchev–Trinajstić information content (AvgIpc) is 3.04. The molecule has 0 aromatic heterocycles. The predicted octanol–water partition coefficient (Wildman–Crippen LogP) is 1.06. The molecule has 1 aromatic rings. The van der Waals surface area contributed by atoms with Crippen LogP contribution >= 0.6 is 0 Å². The van der Waals surface area contributed by atoms with Crippen molar-refractivity contribution in [1.29, 1.82) is 0 Å². The second-order valence-corrected chi connectivity index (χ2v) is 7.25. The summed E-state index contributed by atoms with van der Waals surface area (Å²) in [6, 6.07) is 4.95. The molecule has 1 saturated carbocycles. The zero-order valence-corrected chi connectivity index (χ0v) is 12.0. The molecule has 0 radical (unpaired) electrons. The highest BCUT2D eigenvalue weighted by Gasteiger charge is 2.27. The van der Waals surface area contributed by atoms with Crippen LogP contribution in [0.4, 0.5) is 0 Å². The number of aliphatic hydroxyl groups is 1. The number of aliphatic hydroxyl groups excluding tert-OH is 1. The van der Waals surface area contributed by atoms with Gasteiger partial charge in [0.05, 0.1) is 17.6 Å². The lowest BCUT2D eigenvalue weighted by Crippen LogP contribution is -2.32. The maximum atomic E-state index is 12.3. The monoisotopic (exact) mass is 297 g/mol. The molecule has 20 heavy (non-hydrogen) atoms. The van der Waals surface area contributed by atoms with E-state index < -0.39 is 10.0 Å². The van der Waals surface area contributed by atoms with Crippen LogP contribution in [-0.2, 0) is 16.4 Å². The van der Waals surface area contributed by atoms with Gasteiger partial charge in [0.1, 0.15) is 5.75 Å². The Kier molecular flexibility index (Phi) is 3.70. The van der Waals surface area contributed by atoms with Crippen molar-refractivity contribution >= 4 is 10.0 Å². The van der Waals surface area contributed by atoms with E-state index in [-0.39, 0.29) is 16.9 Å². The van der Waals surface area contributed by atoms with E-state index in [9.17, 15) is 13.5 Å². The van der Waals surface area contributed by atoms with E-state index in [1.807, 2.05) is 0 Å². The van der Waals surface area contributed by atoms with Gasteiger partial charge in [0.2, 0.25) is 10.0 Å². The maximum absolute atomic E-state index is 12.3. The quantitative estimate of drug-likeness (QED) is 0.871. The van der Waals surface area contributed by atoms with Gasteiger partial charge in [0.25, 0.3) is 0 Å². The van der Waals surface area contributed by atoms with Crippen LogP contribution in [0.25, 0.3) is 0 Å². The molecule has 110 valence electrons. The van der Waals surface area contributed by atoms with Crippen molar-refractivity contribution in [3.8, 4) is 5.75 Å². The van der Waals surface area contributed by atoms with E-state index in [2.05, 4.69) is 4.72 Å². The number of hydrogen-bond donors (Lipinski definition) is 2. The first-order chi connectivity index (χ1) is 9.56. The molecule has 2 aliphatic rings. The van der Waals surface area contributed by atoms with Crippen molar-refractivity contribution in [2.45, 2.75) is 36.7 Å². The maximum Gasteiger partial charge on any atom is 0.240 e. The second-order valence-electron chi connectivity index (χ2n) is 5.48. The van der Waals surface area contributed by atoms with Crippen molar-refractivity contribution in [2.75, 3.05) is 13.2 Å². The zero-order chi connectivity index (χ0) is 14.2. The topological polar surface area (TPSA) is 75.6 Å². The first kappa shape index (κ1) is 13.9. The second kappa shape index (κ2) is 5.35. The lowest BCUT2D eigenvalue weighted by atomic mass is 10.1. The molecule has 1 heterocycles. The van der Waals surface area contributed by atoms with Crippen LogP contribution in [0, 0.1) is 5.92 Å². The Morgan fingerprint density at radius 3 is 2.95 bits per heavy atom. The fourth-order valence-corrected chi connectivity index (χ4v) is 4.03. The molecular formula is C14H19NO4S. The summed E-state index contributed by atoms with van der Waals surface area (Å²) in [6.07, 6.45) is 2.97. The molecule has 0 amide bonds. The Hall–Kier alpha value is -1.11. The van der Waals surface area contributed by atoms with Gasteiger partial charge in [-0.3, -0.25) is 0 Å². The highest BCUT2D eigenvalue weighted by Crippen LogP contribution is 2.28. The number of rotatable bonds is 4. The van der Waals surface area contributed by atoms with Crippen LogP contribution in [0.1, 0.15) is 24.8 Å². The number of fused-ring (bicyclic) bond motifs is 1. The van der Waals surface area contributed by atoms with E-state index in [0.717, 1.165) is 37.0 Å². The van der Waals surface area contributed by atoms with Gasteiger partial charge < -0.3 is 9.84 Å². The Balaban J connectivity index is 1.71. The van der Waals surface area contributed by atoms with Crippen molar-refractivity contribution in [3.05, 3.63) is 23.8 Å². The van der Waals surface area contributed by atoms with E-state index in [1.165, 1.54) is 0 Å². The Morgan fingerprint density at radius 1 is 1.35 bits per heavy atom. The van der Waals surface area contributed by atoms with Gasteiger partial charge in [0.15, 0.2) is 0 Å². The first-order valence-electron chi connectivity index (χ1n) is 7.00. The SMILES string of the molecule is O=S(=O)(NCC1CCCC1O)c1ccc2c(c1)CCO2. The van der Waals surface area contributed by atoms with Gasteiger partial charge >= 0.3 is 0 Å². The fraction of sp³-hybridized carbons (Fsp3) is 0.571. The van der Waals surface area contributed by atoms with Crippen LogP contribution in [0.3, 0.4) is 0 Å². The number of hydrogen-bond acceptors (Lipinski definition) is 4. The van der Waals surface area contributed by atoms with Crippen LogP contribution < -0.4 is 9.46 Å². The third-order valence-corrected chi connectivity index (χ3v) is 5.55. The number of benzene rings is 1. The molecule has 2 unspecified atom stereocenters. The van der Waals surface area contributed by atoms with Crippen LogP contribution in [-0.4, -0.2) is 32.8 Å². The van der Waals surface area contributed by atoms with Gasteiger partial charge in [-0.15, -0.1) is 0 Å². The number of nitrogens with one attached hydrogen (secondary N) is 1. The summed E-state index contributed by atoms with van der Waals surface area (Å²) in [4.78, 5) is 0.272. The van der Waals surface area contributed by atoms with Gasteiger partial charge in [-0.2, -0.15) is 0 Å². The summed E-state index contributed by atoms with van der Waals surface area (Å²) in [5.74, 6) is 0.803. The zero-order valence-electron chi connectivity index (χ0n) is 11.2. The summed E-state index contributed by atoms with van der Waals surface area (Å²) in [6.45, 7) is 0.914. The minimum absolute atomic E-state index is 0.0301. The van der Waals surface area contributed by atoms with Crippen LogP contribution in [0.5, 0.6) is 5.75 Å². The molecule has 0 spiro atoms. The van der Waals surface area contributed by atoms with Crippen molar-refractivity contribution in [3.63, 3.8) is 0 Å². The Labute approximate surface area is 119 Å². The summed E-state index contributed by atoms with van der Waals surface area (Å²) in [5.41, 5.74) is 0.939. The minimum Gasteiger partial charge on any atom is -0.493 e. The molecular weight excluding hydrogens is 278 g/mol. The van der Waals surface area contributed by atoms with Gasteiger partial charge in [-0.05, 0) is 42.5 Å². The van der Waals surface area contributed by atoms with Crippen LogP contribution in [0.2, 0.25) is 0 Å². The highest BCUT2D eigenvalue weighted by molar-refractivity contribution is 7.89. The molecule has 0 bridgehead atoms. The molecule has 0 saturated heterocycles. The van der Waals surface area contributed by atoms with E-state index in [4.69, 9.17) is 4.74 Å². The largest absolute Gasteiger partial charge is 0.493 e. The molecule has 1 aliphatic carbocycles. The summed E-state index contributed by atoms with van der Waals surface area (Å²) < 4.78 is 32.5. The molecule has 1 fully saturated rings. The Morgan fingerprint density at radius 2 is 2.20 bits per heavy atom. The molecule has 2 atom stereocenters. The first-order valence-corrected chi connectivity index (χ1v) is 8.48. The third kappa shape index (κ3) is 2.68. The lowest BCUT2D eigenvalue weighted by molar-refractivity contribution is 0.134. The molecule has 1 aromatic carbocycles. The van der Waals surface area contributed by atoms with Crippen molar-refractivity contribution in [2.24, 2.45) is 5.92 Å². The van der Waals surface area contributed by atoms with Crippen molar-refractivity contribution < 1.29 is 18.3 Å². The predicted molar refractivity (Wildman–Crippen MR) is 74.2 cm³/mol.